The minimum absolute atomic E-state index is 0.0169. The lowest BCUT2D eigenvalue weighted by molar-refractivity contribution is -0.120. The first kappa shape index (κ1) is 14.9. The Bertz CT molecular complexity index is 250. The van der Waals surface area contributed by atoms with Crippen LogP contribution in [0.15, 0.2) is 0 Å². The van der Waals surface area contributed by atoms with E-state index >= 15 is 0 Å². The summed E-state index contributed by atoms with van der Waals surface area (Å²) in [4.78, 5) is 12.6. The van der Waals surface area contributed by atoms with Crippen molar-refractivity contribution in [3.05, 3.63) is 0 Å². The summed E-state index contributed by atoms with van der Waals surface area (Å²) in [6.45, 7) is 3.43. The summed E-state index contributed by atoms with van der Waals surface area (Å²) in [5.74, 6) is -0.436. The molecule has 0 aromatic heterocycles. The highest BCUT2D eigenvalue weighted by Gasteiger charge is 2.16. The quantitative estimate of drug-likeness (QED) is 0.615. The van der Waals surface area contributed by atoms with E-state index in [2.05, 4.69) is 6.07 Å². The standard InChI is InChI=1S/C11H21N3O2/c1-9(10(15)8-11(13)16)4-7-14(2)6-3-5-12/h9-10,15H,3-4,6-8H2,1-2H3,(H2,13,16)/t9-,10+/m1/s1. The zero-order chi connectivity index (χ0) is 12.6. The Hall–Kier alpha value is -1.12. The zero-order valence-electron chi connectivity index (χ0n) is 10.0. The van der Waals surface area contributed by atoms with E-state index in [1.165, 1.54) is 0 Å². The Morgan fingerprint density at radius 3 is 2.69 bits per heavy atom. The van der Waals surface area contributed by atoms with Gasteiger partial charge in [0.2, 0.25) is 5.91 Å². The number of primary amides is 1. The van der Waals surface area contributed by atoms with Crippen molar-refractivity contribution < 1.29 is 9.90 Å². The second-order valence-electron chi connectivity index (χ2n) is 4.22. The van der Waals surface area contributed by atoms with Crippen molar-refractivity contribution in [1.29, 1.82) is 5.26 Å². The molecule has 5 heteroatoms. The van der Waals surface area contributed by atoms with Gasteiger partial charge in [-0.3, -0.25) is 4.79 Å². The number of carbonyl (C=O) groups excluding carboxylic acids is 1. The average molecular weight is 227 g/mol. The van der Waals surface area contributed by atoms with E-state index in [4.69, 9.17) is 11.0 Å². The van der Waals surface area contributed by atoms with Crippen LogP contribution in [0.4, 0.5) is 0 Å². The molecule has 0 unspecified atom stereocenters. The molecular weight excluding hydrogens is 206 g/mol. The van der Waals surface area contributed by atoms with Gasteiger partial charge in [0.25, 0.3) is 0 Å². The van der Waals surface area contributed by atoms with E-state index in [1.807, 2.05) is 18.9 Å². The summed E-state index contributed by atoms with van der Waals surface area (Å²) in [6.07, 6.45) is 0.649. The molecule has 0 spiro atoms. The van der Waals surface area contributed by atoms with Crippen LogP contribution in [-0.4, -0.2) is 42.2 Å². The fourth-order valence-electron chi connectivity index (χ4n) is 1.38. The first-order valence-corrected chi connectivity index (χ1v) is 5.49. The van der Waals surface area contributed by atoms with Gasteiger partial charge in [0.05, 0.1) is 18.6 Å². The van der Waals surface area contributed by atoms with Crippen molar-refractivity contribution in [1.82, 2.24) is 4.90 Å². The minimum Gasteiger partial charge on any atom is -0.392 e. The van der Waals surface area contributed by atoms with Crippen LogP contribution in [0.5, 0.6) is 0 Å². The van der Waals surface area contributed by atoms with E-state index in [-0.39, 0.29) is 12.3 Å². The summed E-state index contributed by atoms with van der Waals surface area (Å²) < 4.78 is 0. The molecule has 0 heterocycles. The second kappa shape index (κ2) is 8.08. The molecule has 1 amide bonds. The first-order valence-electron chi connectivity index (χ1n) is 5.49. The molecule has 0 bridgehead atoms. The van der Waals surface area contributed by atoms with Gasteiger partial charge in [0, 0.05) is 13.0 Å². The van der Waals surface area contributed by atoms with E-state index in [9.17, 15) is 9.90 Å². The first-order chi connectivity index (χ1) is 7.47. The van der Waals surface area contributed by atoms with Crippen LogP contribution in [0.1, 0.15) is 26.2 Å². The molecule has 0 rings (SSSR count). The highest BCUT2D eigenvalue weighted by molar-refractivity contribution is 5.74. The van der Waals surface area contributed by atoms with Gasteiger partial charge in [0.15, 0.2) is 0 Å². The van der Waals surface area contributed by atoms with Crippen molar-refractivity contribution in [2.75, 3.05) is 20.1 Å². The number of carbonyl (C=O) groups is 1. The zero-order valence-corrected chi connectivity index (χ0v) is 10.0. The van der Waals surface area contributed by atoms with Gasteiger partial charge in [0.1, 0.15) is 0 Å². The van der Waals surface area contributed by atoms with Gasteiger partial charge in [-0.15, -0.1) is 0 Å². The largest absolute Gasteiger partial charge is 0.392 e. The van der Waals surface area contributed by atoms with E-state index < -0.39 is 12.0 Å². The molecule has 0 aliphatic carbocycles. The number of rotatable bonds is 8. The second-order valence-corrected chi connectivity index (χ2v) is 4.22. The van der Waals surface area contributed by atoms with Gasteiger partial charge in [-0.05, 0) is 25.9 Å². The fraction of sp³-hybridized carbons (Fsp3) is 0.818. The third-order valence-corrected chi connectivity index (χ3v) is 2.64. The molecule has 16 heavy (non-hydrogen) atoms. The maximum atomic E-state index is 10.6. The summed E-state index contributed by atoms with van der Waals surface area (Å²) in [5, 5.41) is 18.0. The molecule has 3 N–H and O–H groups in total. The molecule has 0 fully saturated rings. The molecule has 0 saturated heterocycles. The Balaban J connectivity index is 3.75. The lowest BCUT2D eigenvalue weighted by atomic mass is 9.98. The van der Waals surface area contributed by atoms with Crippen LogP contribution in [0.3, 0.4) is 0 Å². The number of hydrogen-bond donors (Lipinski definition) is 2. The predicted octanol–water partition coefficient (Wildman–Crippen LogP) is 0.0944. The summed E-state index contributed by atoms with van der Waals surface area (Å²) in [6, 6.07) is 2.08. The van der Waals surface area contributed by atoms with Gasteiger partial charge in [-0.2, -0.15) is 5.26 Å². The number of nitrogens with zero attached hydrogens (tertiary/aromatic N) is 2. The van der Waals surface area contributed by atoms with Gasteiger partial charge in [-0.25, -0.2) is 0 Å². The SMILES string of the molecule is C[C@H](CCN(C)CCC#N)[C@@H](O)CC(N)=O. The van der Waals surface area contributed by atoms with E-state index in [0.29, 0.717) is 6.42 Å². The molecule has 0 aliphatic heterocycles. The highest BCUT2D eigenvalue weighted by Crippen LogP contribution is 2.11. The smallest absolute Gasteiger partial charge is 0.220 e. The van der Waals surface area contributed by atoms with Crippen molar-refractivity contribution in [3.8, 4) is 6.07 Å². The van der Waals surface area contributed by atoms with Gasteiger partial charge >= 0.3 is 0 Å². The average Bonchev–Trinajstić information content (AvgIpc) is 2.21. The molecule has 2 atom stereocenters. The van der Waals surface area contributed by atoms with Crippen LogP contribution >= 0.6 is 0 Å². The third kappa shape index (κ3) is 7.21. The summed E-state index contributed by atoms with van der Waals surface area (Å²) >= 11 is 0. The molecule has 5 nitrogen and oxygen atoms in total. The molecule has 0 saturated carbocycles. The Morgan fingerprint density at radius 2 is 2.19 bits per heavy atom. The topological polar surface area (TPSA) is 90.3 Å². The van der Waals surface area contributed by atoms with Crippen molar-refractivity contribution in [2.45, 2.75) is 32.3 Å². The predicted molar refractivity (Wildman–Crippen MR) is 61.3 cm³/mol. The van der Waals surface area contributed by atoms with E-state index in [1.54, 1.807) is 0 Å². The Morgan fingerprint density at radius 1 is 1.56 bits per heavy atom. The summed E-state index contributed by atoms with van der Waals surface area (Å²) in [5.41, 5.74) is 5.01. The number of amides is 1. The van der Waals surface area contributed by atoms with Crippen molar-refractivity contribution >= 4 is 5.91 Å². The maximum Gasteiger partial charge on any atom is 0.220 e. The lowest BCUT2D eigenvalue weighted by Crippen LogP contribution is -2.29. The maximum absolute atomic E-state index is 10.6. The van der Waals surface area contributed by atoms with Crippen LogP contribution in [-0.2, 0) is 4.79 Å². The third-order valence-electron chi connectivity index (χ3n) is 2.64. The molecule has 0 radical (unpaired) electrons. The molecule has 0 aromatic rings. The van der Waals surface area contributed by atoms with Crippen LogP contribution in [0.2, 0.25) is 0 Å². The molecular formula is C11H21N3O2. The number of aliphatic hydroxyl groups is 1. The fourth-order valence-corrected chi connectivity index (χ4v) is 1.38. The van der Waals surface area contributed by atoms with Crippen molar-refractivity contribution in [3.63, 3.8) is 0 Å². The van der Waals surface area contributed by atoms with Crippen molar-refractivity contribution in [2.24, 2.45) is 11.7 Å². The number of nitriles is 1. The van der Waals surface area contributed by atoms with Gasteiger partial charge < -0.3 is 15.7 Å². The summed E-state index contributed by atoms with van der Waals surface area (Å²) in [7, 11) is 1.94. The number of aliphatic hydroxyl groups excluding tert-OH is 1. The lowest BCUT2D eigenvalue weighted by Gasteiger charge is -2.21. The highest BCUT2D eigenvalue weighted by atomic mass is 16.3. The monoisotopic (exact) mass is 227 g/mol. The minimum atomic E-state index is -0.665. The molecule has 0 aliphatic rings. The van der Waals surface area contributed by atoms with E-state index in [0.717, 1.165) is 19.5 Å². The Kier molecular flexibility index (Phi) is 7.52. The Labute approximate surface area is 96.8 Å². The van der Waals surface area contributed by atoms with Crippen LogP contribution in [0, 0.1) is 17.2 Å². The van der Waals surface area contributed by atoms with Crippen LogP contribution in [0.25, 0.3) is 0 Å². The number of nitrogens with two attached hydrogens (primary N) is 1. The number of hydrogen-bond acceptors (Lipinski definition) is 4. The van der Waals surface area contributed by atoms with Gasteiger partial charge in [-0.1, -0.05) is 6.92 Å². The molecule has 0 aromatic carbocycles. The van der Waals surface area contributed by atoms with Crippen LogP contribution < -0.4 is 5.73 Å². The molecule has 92 valence electrons. The normalized spacial score (nSPS) is 14.4.